The predicted molar refractivity (Wildman–Crippen MR) is 87.9 cm³/mol. The van der Waals surface area contributed by atoms with Crippen molar-refractivity contribution >= 4 is 5.97 Å². The van der Waals surface area contributed by atoms with E-state index in [1.165, 1.54) is 7.11 Å². The number of rotatable bonds is 3. The highest BCUT2D eigenvalue weighted by atomic mass is 16.5. The van der Waals surface area contributed by atoms with Crippen LogP contribution in [0, 0.1) is 0 Å². The third-order valence-electron chi connectivity index (χ3n) is 4.28. The molecule has 0 bridgehead atoms. The zero-order chi connectivity index (χ0) is 15.8. The predicted octanol–water partition coefficient (Wildman–Crippen LogP) is 3.68. The smallest absolute Gasteiger partial charge is 0.308 e. The van der Waals surface area contributed by atoms with Gasteiger partial charge in [-0.05, 0) is 11.6 Å². The van der Waals surface area contributed by atoms with Gasteiger partial charge in [0.15, 0.2) is 0 Å². The van der Waals surface area contributed by atoms with E-state index in [1.54, 1.807) is 0 Å². The number of carbonyl (C=O) groups is 1. The van der Waals surface area contributed by atoms with Crippen LogP contribution in [0.25, 0.3) is 22.5 Å². The van der Waals surface area contributed by atoms with E-state index in [1.807, 2.05) is 47.1 Å². The molecule has 0 aliphatic carbocycles. The van der Waals surface area contributed by atoms with E-state index < -0.39 is 0 Å². The van der Waals surface area contributed by atoms with E-state index in [9.17, 15) is 4.79 Å². The first-order chi connectivity index (χ1) is 11.3. The average molecular weight is 304 g/mol. The van der Waals surface area contributed by atoms with E-state index in [2.05, 4.69) is 18.2 Å². The number of carbonyl (C=O) groups excluding carboxylic acids is 1. The highest BCUT2D eigenvalue weighted by Crippen LogP contribution is 2.42. The molecule has 1 aliphatic heterocycles. The van der Waals surface area contributed by atoms with Gasteiger partial charge in [0, 0.05) is 11.1 Å². The fourth-order valence-corrected chi connectivity index (χ4v) is 3.17. The van der Waals surface area contributed by atoms with E-state index in [-0.39, 0.29) is 18.4 Å². The summed E-state index contributed by atoms with van der Waals surface area (Å²) in [5.41, 5.74) is 5.30. The molecule has 4 rings (SSSR count). The maximum absolute atomic E-state index is 11.8. The normalized spacial score (nSPS) is 15.1. The zero-order valence-corrected chi connectivity index (χ0v) is 12.8. The van der Waals surface area contributed by atoms with Crippen molar-refractivity contribution in [2.75, 3.05) is 7.11 Å². The van der Waals surface area contributed by atoms with Crippen molar-refractivity contribution in [3.8, 4) is 22.5 Å². The SMILES string of the molecule is COC(=O)CC1c2ccccc2-c2cc(-c3ccccc3)nn21. The summed E-state index contributed by atoms with van der Waals surface area (Å²) in [7, 11) is 1.42. The molecule has 1 aliphatic rings. The Morgan fingerprint density at radius 2 is 1.87 bits per heavy atom. The Morgan fingerprint density at radius 1 is 1.13 bits per heavy atom. The number of nitrogens with zero attached hydrogens (tertiary/aromatic N) is 2. The Balaban J connectivity index is 1.83. The number of benzene rings is 2. The first kappa shape index (κ1) is 13.8. The van der Waals surface area contributed by atoms with E-state index >= 15 is 0 Å². The lowest BCUT2D eigenvalue weighted by atomic mass is 10.0. The van der Waals surface area contributed by atoms with Gasteiger partial charge in [-0.2, -0.15) is 5.10 Å². The molecule has 3 aromatic rings. The van der Waals surface area contributed by atoms with Gasteiger partial charge < -0.3 is 4.74 Å². The number of esters is 1. The van der Waals surface area contributed by atoms with Crippen LogP contribution in [0.4, 0.5) is 0 Å². The second kappa shape index (κ2) is 5.39. The van der Waals surface area contributed by atoms with Gasteiger partial charge in [0.25, 0.3) is 0 Å². The van der Waals surface area contributed by atoms with Crippen molar-refractivity contribution in [2.24, 2.45) is 0 Å². The lowest BCUT2D eigenvalue weighted by Crippen LogP contribution is -2.14. The number of methoxy groups -OCH3 is 1. The van der Waals surface area contributed by atoms with E-state index in [0.717, 1.165) is 28.1 Å². The molecule has 4 nitrogen and oxygen atoms in total. The molecule has 0 N–H and O–H groups in total. The number of ether oxygens (including phenoxy) is 1. The summed E-state index contributed by atoms with van der Waals surface area (Å²) in [5.74, 6) is -0.227. The topological polar surface area (TPSA) is 44.1 Å². The fourth-order valence-electron chi connectivity index (χ4n) is 3.17. The van der Waals surface area contributed by atoms with Gasteiger partial charge in [-0.1, -0.05) is 54.6 Å². The van der Waals surface area contributed by atoms with Crippen LogP contribution in [0.3, 0.4) is 0 Å². The molecule has 0 spiro atoms. The van der Waals surface area contributed by atoms with Crippen molar-refractivity contribution in [1.82, 2.24) is 9.78 Å². The van der Waals surface area contributed by atoms with E-state index in [4.69, 9.17) is 9.84 Å². The number of hydrogen-bond acceptors (Lipinski definition) is 3. The minimum absolute atomic E-state index is 0.105. The molecular formula is C19H16N2O2. The second-order valence-corrected chi connectivity index (χ2v) is 5.61. The zero-order valence-electron chi connectivity index (χ0n) is 12.8. The first-order valence-electron chi connectivity index (χ1n) is 7.59. The molecule has 0 saturated carbocycles. The summed E-state index contributed by atoms with van der Waals surface area (Å²) < 4.78 is 6.80. The van der Waals surface area contributed by atoms with Gasteiger partial charge in [0.1, 0.15) is 0 Å². The van der Waals surface area contributed by atoms with E-state index in [0.29, 0.717) is 0 Å². The third kappa shape index (κ3) is 2.23. The third-order valence-corrected chi connectivity index (χ3v) is 4.28. The summed E-state index contributed by atoms with van der Waals surface area (Å²) in [4.78, 5) is 11.8. The Labute approximate surface area is 134 Å². The summed E-state index contributed by atoms with van der Waals surface area (Å²) >= 11 is 0. The summed E-state index contributed by atoms with van der Waals surface area (Å²) in [6.07, 6.45) is 0.288. The lowest BCUT2D eigenvalue weighted by Gasteiger charge is -2.12. The van der Waals surface area contributed by atoms with Crippen LogP contribution < -0.4 is 0 Å². The largest absolute Gasteiger partial charge is 0.469 e. The molecule has 2 heterocycles. The maximum atomic E-state index is 11.8. The molecule has 4 heteroatoms. The van der Waals surface area contributed by atoms with Crippen LogP contribution in [0.5, 0.6) is 0 Å². The standard InChI is InChI=1S/C19H16N2O2/c1-23-19(22)12-18-15-10-6-5-9-14(15)17-11-16(20-21(17)18)13-7-3-2-4-8-13/h2-11,18H,12H2,1H3. The van der Waals surface area contributed by atoms with Gasteiger partial charge >= 0.3 is 5.97 Å². The minimum atomic E-state index is -0.227. The summed E-state index contributed by atoms with van der Waals surface area (Å²) in [6.45, 7) is 0. The van der Waals surface area contributed by atoms with Crippen LogP contribution >= 0.6 is 0 Å². The van der Waals surface area contributed by atoms with Crippen LogP contribution in [0.2, 0.25) is 0 Å². The van der Waals surface area contributed by atoms with Crippen molar-refractivity contribution < 1.29 is 9.53 Å². The molecule has 2 aromatic carbocycles. The van der Waals surface area contributed by atoms with Gasteiger partial charge in [-0.15, -0.1) is 0 Å². The molecule has 1 aromatic heterocycles. The van der Waals surface area contributed by atoms with Crippen LogP contribution in [-0.2, 0) is 9.53 Å². The maximum Gasteiger partial charge on any atom is 0.308 e. The molecule has 1 unspecified atom stereocenters. The average Bonchev–Trinajstić information content (AvgIpc) is 3.15. The highest BCUT2D eigenvalue weighted by molar-refractivity contribution is 5.77. The van der Waals surface area contributed by atoms with Gasteiger partial charge in [0.2, 0.25) is 0 Å². The molecule has 0 saturated heterocycles. The Bertz CT molecular complexity index is 868. The Morgan fingerprint density at radius 3 is 2.65 bits per heavy atom. The van der Waals surface area contributed by atoms with Crippen molar-refractivity contribution in [2.45, 2.75) is 12.5 Å². The van der Waals surface area contributed by atoms with Gasteiger partial charge in [-0.3, -0.25) is 9.48 Å². The fraction of sp³-hybridized carbons (Fsp3) is 0.158. The quantitative estimate of drug-likeness (QED) is 0.693. The molecule has 0 fully saturated rings. The number of aromatic nitrogens is 2. The molecule has 0 amide bonds. The lowest BCUT2D eigenvalue weighted by molar-refractivity contribution is -0.141. The second-order valence-electron chi connectivity index (χ2n) is 5.61. The monoisotopic (exact) mass is 304 g/mol. The first-order valence-corrected chi connectivity index (χ1v) is 7.59. The minimum Gasteiger partial charge on any atom is -0.469 e. The summed E-state index contributed by atoms with van der Waals surface area (Å²) in [5, 5.41) is 4.75. The van der Waals surface area contributed by atoms with Crippen LogP contribution in [-0.4, -0.2) is 22.9 Å². The Hall–Kier alpha value is -2.88. The molecule has 0 radical (unpaired) electrons. The highest BCUT2D eigenvalue weighted by Gasteiger charge is 2.32. The van der Waals surface area contributed by atoms with Crippen molar-refractivity contribution in [3.05, 3.63) is 66.2 Å². The van der Waals surface area contributed by atoms with Crippen molar-refractivity contribution in [3.63, 3.8) is 0 Å². The summed E-state index contributed by atoms with van der Waals surface area (Å²) in [6, 6.07) is 20.2. The molecular weight excluding hydrogens is 288 g/mol. The molecule has 23 heavy (non-hydrogen) atoms. The van der Waals surface area contributed by atoms with Gasteiger partial charge in [-0.25, -0.2) is 0 Å². The van der Waals surface area contributed by atoms with Crippen LogP contribution in [0.15, 0.2) is 60.7 Å². The number of hydrogen-bond donors (Lipinski definition) is 0. The molecule has 1 atom stereocenters. The van der Waals surface area contributed by atoms with Crippen LogP contribution in [0.1, 0.15) is 18.0 Å². The van der Waals surface area contributed by atoms with Crippen molar-refractivity contribution in [1.29, 1.82) is 0 Å². The molecule has 114 valence electrons. The number of fused-ring (bicyclic) bond motifs is 3. The van der Waals surface area contributed by atoms with Gasteiger partial charge in [0.05, 0.1) is 31.0 Å². The Kier molecular flexibility index (Phi) is 3.23.